The standard InChI is InChI=1S/C20H20N6O4/c1-29-11-16-21-18(24-22-16)15(8-12-6-4-3-5-7-12)26-9-13-17(23-25-19(13)27)14(10-26)20(28)30-2/h3-7,9-10,15H,8,11H2,1-2H3,(H,25,27)(H,21,22,24)/t15-/m0/s1. The van der Waals surface area contributed by atoms with Gasteiger partial charge in [-0.1, -0.05) is 30.3 Å². The summed E-state index contributed by atoms with van der Waals surface area (Å²) in [6.45, 7) is 0.286. The summed E-state index contributed by atoms with van der Waals surface area (Å²) >= 11 is 0. The van der Waals surface area contributed by atoms with Gasteiger partial charge in [-0.3, -0.25) is 9.89 Å². The summed E-state index contributed by atoms with van der Waals surface area (Å²) in [7, 11) is 2.85. The molecule has 3 heterocycles. The third-order valence-corrected chi connectivity index (χ3v) is 4.75. The van der Waals surface area contributed by atoms with Crippen LogP contribution in [0, 0.1) is 0 Å². The zero-order chi connectivity index (χ0) is 21.1. The molecule has 2 aliphatic heterocycles. The first-order valence-electron chi connectivity index (χ1n) is 9.23. The zero-order valence-electron chi connectivity index (χ0n) is 16.5. The summed E-state index contributed by atoms with van der Waals surface area (Å²) in [6, 6.07) is 9.42. The van der Waals surface area contributed by atoms with Gasteiger partial charge in [0, 0.05) is 25.9 Å². The fourth-order valence-corrected chi connectivity index (χ4v) is 3.32. The Kier molecular flexibility index (Phi) is 5.40. The Balaban J connectivity index is 1.86. The topological polar surface area (TPSA) is 128 Å². The van der Waals surface area contributed by atoms with Crippen molar-refractivity contribution in [2.24, 2.45) is 0 Å². The molecule has 10 nitrogen and oxygen atoms in total. The Bertz CT molecular complexity index is 1180. The van der Waals surface area contributed by atoms with Crippen molar-refractivity contribution in [3.8, 4) is 11.3 Å². The van der Waals surface area contributed by atoms with Crippen molar-refractivity contribution < 1.29 is 14.3 Å². The van der Waals surface area contributed by atoms with Crippen LogP contribution in [0.25, 0.3) is 11.3 Å². The second kappa shape index (κ2) is 8.29. The Hall–Kier alpha value is -3.79. The first kappa shape index (κ1) is 19.5. The van der Waals surface area contributed by atoms with Crippen molar-refractivity contribution in [1.82, 2.24) is 29.9 Å². The van der Waals surface area contributed by atoms with Crippen LogP contribution in [0.15, 0.2) is 47.5 Å². The van der Waals surface area contributed by atoms with E-state index in [9.17, 15) is 9.59 Å². The van der Waals surface area contributed by atoms with Gasteiger partial charge in [0.25, 0.3) is 5.56 Å². The number of H-pyrrole nitrogens is 2. The first-order chi connectivity index (χ1) is 14.6. The Morgan fingerprint density at radius 3 is 2.67 bits per heavy atom. The molecular formula is C20H20N6O4. The average Bonchev–Trinajstić information content (AvgIpc) is 3.39. The van der Waals surface area contributed by atoms with E-state index in [1.165, 1.54) is 7.11 Å². The minimum Gasteiger partial charge on any atom is -0.465 e. The molecule has 2 N–H and O–H groups in total. The molecule has 0 unspecified atom stereocenters. The lowest BCUT2D eigenvalue weighted by Crippen LogP contribution is -2.19. The molecule has 1 atom stereocenters. The maximum atomic E-state index is 12.4. The molecule has 1 aromatic carbocycles. The van der Waals surface area contributed by atoms with Gasteiger partial charge in [0.15, 0.2) is 11.6 Å². The maximum Gasteiger partial charge on any atom is 0.341 e. The molecule has 0 saturated carbocycles. The number of fused-ring (bicyclic) bond motifs is 1. The van der Waals surface area contributed by atoms with Crippen LogP contribution in [-0.2, 0) is 22.5 Å². The van der Waals surface area contributed by atoms with E-state index >= 15 is 0 Å². The van der Waals surface area contributed by atoms with Gasteiger partial charge in [0.2, 0.25) is 0 Å². The van der Waals surface area contributed by atoms with Crippen molar-refractivity contribution in [2.75, 3.05) is 14.2 Å². The molecule has 2 aliphatic rings. The molecule has 2 aromatic rings. The van der Waals surface area contributed by atoms with E-state index in [0.29, 0.717) is 18.1 Å². The van der Waals surface area contributed by atoms with Crippen LogP contribution in [0.4, 0.5) is 0 Å². The number of nitrogens with one attached hydrogen (secondary N) is 2. The number of hydrogen-bond acceptors (Lipinski definition) is 7. The third-order valence-electron chi connectivity index (χ3n) is 4.75. The number of esters is 1. The van der Waals surface area contributed by atoms with Crippen LogP contribution in [0.3, 0.4) is 0 Å². The maximum absolute atomic E-state index is 12.4. The largest absolute Gasteiger partial charge is 0.465 e. The van der Waals surface area contributed by atoms with Crippen molar-refractivity contribution >= 4 is 5.97 Å². The van der Waals surface area contributed by atoms with Gasteiger partial charge in [-0.2, -0.15) is 10.2 Å². The molecule has 1 aromatic heterocycles. The van der Waals surface area contributed by atoms with E-state index in [0.717, 1.165) is 5.56 Å². The number of rotatable bonds is 7. The number of aromatic amines is 2. The van der Waals surface area contributed by atoms with E-state index in [1.54, 1.807) is 24.1 Å². The van der Waals surface area contributed by atoms with Crippen LogP contribution < -0.4 is 5.56 Å². The average molecular weight is 408 g/mol. The first-order valence-corrected chi connectivity index (χ1v) is 9.23. The highest BCUT2D eigenvalue weighted by Gasteiger charge is 2.26. The number of nitrogens with zero attached hydrogens (tertiary/aromatic N) is 4. The predicted molar refractivity (Wildman–Crippen MR) is 106 cm³/mol. The summed E-state index contributed by atoms with van der Waals surface area (Å²) in [5.74, 6) is 0.490. The number of carbonyl (C=O) groups is 1. The second-order valence-corrected chi connectivity index (χ2v) is 6.70. The van der Waals surface area contributed by atoms with Gasteiger partial charge in [-0.25, -0.2) is 14.9 Å². The molecule has 0 bridgehead atoms. The van der Waals surface area contributed by atoms with Crippen molar-refractivity contribution in [1.29, 1.82) is 0 Å². The number of benzene rings is 1. The van der Waals surface area contributed by atoms with Gasteiger partial charge in [0.1, 0.15) is 17.9 Å². The minimum absolute atomic E-state index is 0.180. The van der Waals surface area contributed by atoms with E-state index in [-0.39, 0.29) is 23.4 Å². The van der Waals surface area contributed by atoms with E-state index < -0.39 is 17.6 Å². The molecular weight excluding hydrogens is 388 g/mol. The number of hydrogen-bond donors (Lipinski definition) is 2. The van der Waals surface area contributed by atoms with Crippen molar-refractivity contribution in [2.45, 2.75) is 19.1 Å². The highest BCUT2D eigenvalue weighted by atomic mass is 16.5. The van der Waals surface area contributed by atoms with Crippen molar-refractivity contribution in [3.63, 3.8) is 0 Å². The highest BCUT2D eigenvalue weighted by Crippen LogP contribution is 2.27. The summed E-state index contributed by atoms with van der Waals surface area (Å²) in [5, 5.41) is 13.6. The molecule has 0 spiro atoms. The molecule has 0 saturated heterocycles. The third kappa shape index (κ3) is 3.72. The summed E-state index contributed by atoms with van der Waals surface area (Å²) in [4.78, 5) is 29.1. The van der Waals surface area contributed by atoms with Crippen LogP contribution in [0.2, 0.25) is 0 Å². The Labute approximate surface area is 171 Å². The van der Waals surface area contributed by atoms with E-state index in [1.807, 2.05) is 30.3 Å². The molecule has 0 amide bonds. The minimum atomic E-state index is -0.589. The highest BCUT2D eigenvalue weighted by molar-refractivity contribution is 5.95. The summed E-state index contributed by atoms with van der Waals surface area (Å²) in [6.07, 6.45) is 3.79. The van der Waals surface area contributed by atoms with Gasteiger partial charge < -0.3 is 14.0 Å². The van der Waals surface area contributed by atoms with Crippen LogP contribution >= 0.6 is 0 Å². The Morgan fingerprint density at radius 1 is 1.13 bits per heavy atom. The number of ether oxygens (including phenoxy) is 2. The quantitative estimate of drug-likeness (QED) is 0.444. The molecule has 0 radical (unpaired) electrons. The SMILES string of the molecule is COCc1nc([C@H](Cc2ccccc2)n2cc(C(=O)OC)c3n[nH]c(=O)c-3c2)n[nH]1. The van der Waals surface area contributed by atoms with Gasteiger partial charge in [-0.15, -0.1) is 0 Å². The smallest absolute Gasteiger partial charge is 0.341 e. The summed E-state index contributed by atoms with van der Waals surface area (Å²) in [5.41, 5.74) is 1.37. The van der Waals surface area contributed by atoms with Gasteiger partial charge >= 0.3 is 5.97 Å². The monoisotopic (exact) mass is 408 g/mol. The zero-order valence-corrected chi connectivity index (χ0v) is 16.5. The molecule has 10 heteroatoms. The molecule has 30 heavy (non-hydrogen) atoms. The number of pyridine rings is 1. The van der Waals surface area contributed by atoms with Crippen LogP contribution in [-0.4, -0.2) is 50.1 Å². The molecule has 154 valence electrons. The molecule has 0 aliphatic carbocycles. The van der Waals surface area contributed by atoms with Crippen LogP contribution in [0.1, 0.15) is 33.6 Å². The fraction of sp³-hybridized carbons (Fsp3) is 0.250. The Morgan fingerprint density at radius 2 is 1.93 bits per heavy atom. The lowest BCUT2D eigenvalue weighted by atomic mass is 10.0. The molecule has 0 fully saturated rings. The lowest BCUT2D eigenvalue weighted by Gasteiger charge is -2.20. The predicted octanol–water partition coefficient (Wildman–Crippen LogP) is 1.56. The summed E-state index contributed by atoms with van der Waals surface area (Å²) < 4.78 is 11.8. The van der Waals surface area contributed by atoms with Crippen LogP contribution in [0.5, 0.6) is 0 Å². The van der Waals surface area contributed by atoms with Gasteiger partial charge in [0.05, 0.1) is 18.7 Å². The number of methoxy groups -OCH3 is 2. The van der Waals surface area contributed by atoms with E-state index in [4.69, 9.17) is 9.47 Å². The molecule has 4 rings (SSSR count). The van der Waals surface area contributed by atoms with Crippen molar-refractivity contribution in [3.05, 3.63) is 75.9 Å². The second-order valence-electron chi connectivity index (χ2n) is 6.70. The lowest BCUT2D eigenvalue weighted by molar-refractivity contribution is 0.0600. The normalized spacial score (nSPS) is 12.2. The number of aromatic nitrogens is 6. The number of carbonyl (C=O) groups excluding carboxylic acids is 1. The van der Waals surface area contributed by atoms with E-state index in [2.05, 4.69) is 25.4 Å². The fourth-order valence-electron chi connectivity index (χ4n) is 3.32. The van der Waals surface area contributed by atoms with Gasteiger partial charge in [-0.05, 0) is 5.56 Å².